The zero-order chi connectivity index (χ0) is 34.8. The van der Waals surface area contributed by atoms with Crippen molar-refractivity contribution in [1.82, 2.24) is 14.7 Å². The highest BCUT2D eigenvalue weighted by atomic mass is 35.5. The van der Waals surface area contributed by atoms with Crippen LogP contribution in [0.15, 0.2) is 36.4 Å². The average Bonchev–Trinajstić information content (AvgIpc) is 3.08. The number of hydrogen-bond acceptors (Lipinski definition) is 6. The SMILES string of the molecule is Nc1c(Cl)cc(C[C@@H](OC(=O)N2CCC3(CC2)CC(=O)Nc2ccccc23)C(=O)N2CCC(CCN3CCCCC3)CC2)cc1C(F)(F)F. The molecule has 0 unspecified atom stereocenters. The number of ether oxygens (including phenoxy) is 1. The van der Waals surface area contributed by atoms with Gasteiger partial charge in [0, 0.05) is 50.1 Å². The molecule has 3 amide bonds. The van der Waals surface area contributed by atoms with Crippen LogP contribution in [0.5, 0.6) is 0 Å². The third-order valence-corrected chi connectivity index (χ3v) is 11.2. The number of rotatable bonds is 7. The number of alkyl halides is 3. The van der Waals surface area contributed by atoms with Crippen LogP contribution < -0.4 is 11.1 Å². The number of benzene rings is 2. The van der Waals surface area contributed by atoms with Crippen molar-refractivity contribution >= 4 is 40.9 Å². The summed E-state index contributed by atoms with van der Waals surface area (Å²) >= 11 is 6.11. The molecule has 49 heavy (non-hydrogen) atoms. The first-order valence-corrected chi connectivity index (χ1v) is 17.8. The molecule has 0 bridgehead atoms. The Morgan fingerprint density at radius 2 is 1.69 bits per heavy atom. The van der Waals surface area contributed by atoms with E-state index in [9.17, 15) is 27.6 Å². The molecular formula is C36H45ClF3N5O4. The van der Waals surface area contributed by atoms with Crippen molar-refractivity contribution in [1.29, 1.82) is 0 Å². The van der Waals surface area contributed by atoms with E-state index in [0.717, 1.165) is 56.2 Å². The predicted octanol–water partition coefficient (Wildman–Crippen LogP) is 6.48. The number of amides is 3. The molecule has 4 aliphatic heterocycles. The number of piperidine rings is 3. The molecule has 0 aromatic heterocycles. The maximum absolute atomic E-state index is 14.0. The second-order valence-corrected chi connectivity index (χ2v) is 14.5. The molecule has 9 nitrogen and oxygen atoms in total. The van der Waals surface area contributed by atoms with Gasteiger partial charge in [0.1, 0.15) is 0 Å². The van der Waals surface area contributed by atoms with Crippen molar-refractivity contribution < 1.29 is 32.3 Å². The van der Waals surface area contributed by atoms with Crippen molar-refractivity contribution in [2.24, 2.45) is 5.92 Å². The number of para-hydroxylation sites is 1. The molecule has 2 aromatic carbocycles. The van der Waals surface area contributed by atoms with Gasteiger partial charge in [-0.3, -0.25) is 9.59 Å². The van der Waals surface area contributed by atoms with Crippen LogP contribution in [-0.2, 0) is 32.3 Å². The summed E-state index contributed by atoms with van der Waals surface area (Å²) in [5, 5.41) is 2.64. The van der Waals surface area contributed by atoms with Gasteiger partial charge in [-0.15, -0.1) is 0 Å². The molecule has 4 heterocycles. The van der Waals surface area contributed by atoms with Crippen molar-refractivity contribution in [3.05, 3.63) is 58.1 Å². The van der Waals surface area contributed by atoms with Gasteiger partial charge in [-0.25, -0.2) is 4.79 Å². The molecule has 0 saturated carbocycles. The zero-order valence-corrected chi connectivity index (χ0v) is 28.5. The smallest absolute Gasteiger partial charge is 0.418 e. The fraction of sp³-hybridized carbons (Fsp3) is 0.583. The molecule has 0 radical (unpaired) electrons. The van der Waals surface area contributed by atoms with E-state index < -0.39 is 40.9 Å². The Labute approximate surface area is 290 Å². The van der Waals surface area contributed by atoms with Crippen LogP contribution in [0.1, 0.15) is 74.5 Å². The highest BCUT2D eigenvalue weighted by molar-refractivity contribution is 6.33. The van der Waals surface area contributed by atoms with Crippen molar-refractivity contribution in [2.45, 2.75) is 81.9 Å². The number of carbonyl (C=O) groups excluding carboxylic acids is 3. The van der Waals surface area contributed by atoms with Crippen molar-refractivity contribution in [3.8, 4) is 0 Å². The number of halogens is 4. The Hall–Kier alpha value is -3.51. The molecular weight excluding hydrogens is 659 g/mol. The van der Waals surface area contributed by atoms with E-state index in [-0.39, 0.29) is 22.9 Å². The number of nitrogens with two attached hydrogens (primary N) is 1. The van der Waals surface area contributed by atoms with Gasteiger partial charge < -0.3 is 30.5 Å². The minimum Gasteiger partial charge on any atom is -0.436 e. The van der Waals surface area contributed by atoms with E-state index in [1.54, 1.807) is 4.90 Å². The molecule has 1 atom stereocenters. The Morgan fingerprint density at radius 3 is 2.39 bits per heavy atom. The Balaban J connectivity index is 1.14. The van der Waals surface area contributed by atoms with Crippen LogP contribution in [0.4, 0.5) is 29.3 Å². The summed E-state index contributed by atoms with van der Waals surface area (Å²) in [4.78, 5) is 45.9. The number of nitrogens with one attached hydrogen (secondary N) is 1. The van der Waals surface area contributed by atoms with Crippen molar-refractivity contribution in [3.63, 3.8) is 0 Å². The predicted molar refractivity (Wildman–Crippen MR) is 181 cm³/mol. The van der Waals surface area contributed by atoms with Gasteiger partial charge in [0.05, 0.1) is 16.3 Å². The van der Waals surface area contributed by atoms with Crippen molar-refractivity contribution in [2.75, 3.05) is 56.9 Å². The molecule has 3 fully saturated rings. The lowest BCUT2D eigenvalue weighted by atomic mass is 9.68. The number of carbonyl (C=O) groups is 3. The second-order valence-electron chi connectivity index (χ2n) is 14.1. The van der Waals surface area contributed by atoms with E-state index in [1.807, 2.05) is 24.3 Å². The minimum atomic E-state index is -4.76. The van der Waals surface area contributed by atoms with Crippen LogP contribution in [0.2, 0.25) is 5.02 Å². The van der Waals surface area contributed by atoms with Gasteiger partial charge in [0.25, 0.3) is 5.91 Å². The number of anilines is 2. The summed E-state index contributed by atoms with van der Waals surface area (Å²) in [6, 6.07) is 9.84. The standard InChI is InChI=1S/C36H45ClF3N5O4/c37-28-21-25(20-27(32(28)41)36(38,39)40)22-30(33(47)44-16-9-24(10-17-44)8-15-43-13-4-1-5-14-43)49-34(48)45-18-11-35(12-19-45)23-31(46)42-29-7-3-2-6-26(29)35/h2-3,6-7,20-21,24,30H,1,4-5,8-19,22-23,41H2,(H,42,46)/t30-/m1/s1. The first-order chi connectivity index (χ1) is 23.4. The normalized spacial score (nSPS) is 20.9. The third kappa shape index (κ3) is 8.11. The Kier molecular flexibility index (Phi) is 10.6. The summed E-state index contributed by atoms with van der Waals surface area (Å²) in [7, 11) is 0. The molecule has 4 aliphatic rings. The largest absolute Gasteiger partial charge is 0.436 e. The molecule has 1 spiro atoms. The summed E-state index contributed by atoms with van der Waals surface area (Å²) < 4.78 is 47.3. The lowest BCUT2D eigenvalue weighted by Crippen LogP contribution is -2.51. The summed E-state index contributed by atoms with van der Waals surface area (Å²) in [6.45, 7) is 4.90. The van der Waals surface area contributed by atoms with Gasteiger partial charge in [-0.05, 0) is 99.8 Å². The molecule has 13 heteroatoms. The average molecular weight is 704 g/mol. The van der Waals surface area contributed by atoms with Crippen LogP contribution in [0.25, 0.3) is 0 Å². The van der Waals surface area contributed by atoms with Crippen LogP contribution >= 0.6 is 11.6 Å². The topological polar surface area (TPSA) is 108 Å². The monoisotopic (exact) mass is 703 g/mol. The Bertz CT molecular complexity index is 1530. The van der Waals surface area contributed by atoms with Gasteiger partial charge in [-0.1, -0.05) is 36.2 Å². The number of hydrogen-bond donors (Lipinski definition) is 2. The van der Waals surface area contributed by atoms with E-state index in [2.05, 4.69) is 10.2 Å². The maximum Gasteiger partial charge on any atom is 0.418 e. The van der Waals surface area contributed by atoms with Crippen LogP contribution in [0.3, 0.4) is 0 Å². The molecule has 3 saturated heterocycles. The fourth-order valence-electron chi connectivity index (χ4n) is 8.02. The Morgan fingerprint density at radius 1 is 1.00 bits per heavy atom. The number of likely N-dealkylation sites (tertiary alicyclic amines) is 3. The fourth-order valence-corrected chi connectivity index (χ4v) is 8.27. The molecule has 266 valence electrons. The molecule has 3 N–H and O–H groups in total. The summed E-state index contributed by atoms with van der Waals surface area (Å²) in [5.74, 6) is -0.0309. The van der Waals surface area contributed by atoms with Crippen LogP contribution in [-0.4, -0.2) is 84.5 Å². The number of nitrogens with zero attached hydrogens (tertiary/aromatic N) is 3. The van der Waals surface area contributed by atoms with Gasteiger partial charge in [-0.2, -0.15) is 13.2 Å². The third-order valence-electron chi connectivity index (χ3n) is 10.9. The quantitative estimate of drug-likeness (QED) is 0.320. The van der Waals surface area contributed by atoms with Gasteiger partial charge in [0.15, 0.2) is 6.10 Å². The lowest BCUT2D eigenvalue weighted by Gasteiger charge is -2.44. The van der Waals surface area contributed by atoms with E-state index >= 15 is 0 Å². The lowest BCUT2D eigenvalue weighted by molar-refractivity contribution is -0.142. The zero-order valence-electron chi connectivity index (χ0n) is 27.7. The second kappa shape index (κ2) is 14.8. The van der Waals surface area contributed by atoms with E-state index in [4.69, 9.17) is 22.1 Å². The van der Waals surface area contributed by atoms with E-state index in [1.165, 1.54) is 30.2 Å². The number of fused-ring (bicyclic) bond motifs is 2. The maximum atomic E-state index is 14.0. The summed E-state index contributed by atoms with van der Waals surface area (Å²) in [5.41, 5.74) is 5.46. The first-order valence-electron chi connectivity index (χ1n) is 17.4. The highest BCUT2D eigenvalue weighted by Crippen LogP contribution is 2.45. The molecule has 6 rings (SSSR count). The molecule has 2 aromatic rings. The van der Waals surface area contributed by atoms with Gasteiger partial charge >= 0.3 is 12.3 Å². The van der Waals surface area contributed by atoms with Gasteiger partial charge in [0.2, 0.25) is 5.91 Å². The van der Waals surface area contributed by atoms with Crippen LogP contribution in [0, 0.1) is 5.92 Å². The minimum absolute atomic E-state index is 0.0731. The van der Waals surface area contributed by atoms with E-state index in [0.29, 0.717) is 51.4 Å². The summed E-state index contributed by atoms with van der Waals surface area (Å²) in [6.07, 6.45) is 0.708. The number of nitrogen functional groups attached to an aromatic ring is 1. The first kappa shape index (κ1) is 35.3. The molecule has 0 aliphatic carbocycles. The highest BCUT2D eigenvalue weighted by Gasteiger charge is 2.44.